The molecular weight excluding hydrogens is 418 g/mol. The third-order valence-electron chi connectivity index (χ3n) is 7.27. The topological polar surface area (TPSA) is 46.2 Å². The standard InChI is InChI=1S/C31H61NO2/c1-5-9-11-13-15-17-19-21-23-25-29(33)31(27-7-3,32-28-8-4)30(34)26-24-22-20-18-16-14-12-10-6-2/h32H,5-28H2,1-4H3. The van der Waals surface area contributed by atoms with Crippen LogP contribution in [0.15, 0.2) is 0 Å². The average molecular weight is 480 g/mol. The van der Waals surface area contributed by atoms with Crippen molar-refractivity contribution in [2.45, 2.75) is 181 Å². The van der Waals surface area contributed by atoms with E-state index in [1.807, 2.05) is 0 Å². The Hall–Kier alpha value is -0.700. The van der Waals surface area contributed by atoms with Crippen molar-refractivity contribution >= 4 is 11.6 Å². The number of ketones is 2. The van der Waals surface area contributed by atoms with Crippen molar-refractivity contribution in [3.63, 3.8) is 0 Å². The number of nitrogens with one attached hydrogen (secondary N) is 1. The van der Waals surface area contributed by atoms with Gasteiger partial charge in [-0.25, -0.2) is 0 Å². The van der Waals surface area contributed by atoms with Crippen LogP contribution in [0.2, 0.25) is 0 Å². The van der Waals surface area contributed by atoms with Gasteiger partial charge in [0.15, 0.2) is 11.6 Å². The number of Topliss-reactive ketones (excluding diaryl/α,β-unsaturated/α-hetero) is 2. The number of carbonyl (C=O) groups excluding carboxylic acids is 2. The van der Waals surface area contributed by atoms with E-state index in [0.717, 1.165) is 45.1 Å². The van der Waals surface area contributed by atoms with Gasteiger partial charge in [0, 0.05) is 12.8 Å². The second kappa shape index (κ2) is 24.0. The van der Waals surface area contributed by atoms with Crippen molar-refractivity contribution in [2.24, 2.45) is 0 Å². The fourth-order valence-corrected chi connectivity index (χ4v) is 5.05. The zero-order valence-electron chi connectivity index (χ0n) is 23.8. The zero-order valence-corrected chi connectivity index (χ0v) is 23.8. The molecule has 0 aliphatic carbocycles. The maximum atomic E-state index is 13.4. The highest BCUT2D eigenvalue weighted by atomic mass is 16.2. The van der Waals surface area contributed by atoms with Crippen LogP contribution in [0.4, 0.5) is 0 Å². The summed E-state index contributed by atoms with van der Waals surface area (Å²) in [7, 11) is 0. The molecule has 0 aromatic carbocycles. The molecule has 0 amide bonds. The summed E-state index contributed by atoms with van der Waals surface area (Å²) >= 11 is 0. The van der Waals surface area contributed by atoms with Gasteiger partial charge in [0.1, 0.15) is 5.54 Å². The van der Waals surface area contributed by atoms with Crippen LogP contribution in [0.1, 0.15) is 175 Å². The van der Waals surface area contributed by atoms with Crippen LogP contribution in [0.25, 0.3) is 0 Å². The quantitative estimate of drug-likeness (QED) is 0.0942. The third kappa shape index (κ3) is 16.1. The van der Waals surface area contributed by atoms with Gasteiger partial charge in [-0.1, -0.05) is 137 Å². The van der Waals surface area contributed by atoms with E-state index in [2.05, 4.69) is 33.0 Å². The number of hydrogen-bond donors (Lipinski definition) is 1. The Bertz CT molecular complexity index is 440. The van der Waals surface area contributed by atoms with Gasteiger partial charge in [0.2, 0.25) is 0 Å². The molecule has 3 heteroatoms. The molecular formula is C31H61NO2. The van der Waals surface area contributed by atoms with E-state index in [4.69, 9.17) is 0 Å². The van der Waals surface area contributed by atoms with Gasteiger partial charge in [-0.05, 0) is 32.2 Å². The summed E-state index contributed by atoms with van der Waals surface area (Å²) in [5, 5.41) is 3.45. The molecule has 3 nitrogen and oxygen atoms in total. The molecule has 0 saturated heterocycles. The first-order valence-corrected chi connectivity index (χ1v) is 15.4. The van der Waals surface area contributed by atoms with Crippen molar-refractivity contribution in [2.75, 3.05) is 6.54 Å². The van der Waals surface area contributed by atoms with Gasteiger partial charge >= 0.3 is 0 Å². The fourth-order valence-electron chi connectivity index (χ4n) is 5.05. The summed E-state index contributed by atoms with van der Waals surface area (Å²) < 4.78 is 0. The molecule has 34 heavy (non-hydrogen) atoms. The van der Waals surface area contributed by atoms with Gasteiger partial charge in [0.05, 0.1) is 0 Å². The molecule has 0 fully saturated rings. The lowest BCUT2D eigenvalue weighted by molar-refractivity contribution is -0.137. The van der Waals surface area contributed by atoms with E-state index in [1.165, 1.54) is 89.9 Å². The minimum absolute atomic E-state index is 0.159. The monoisotopic (exact) mass is 479 g/mol. The van der Waals surface area contributed by atoms with E-state index >= 15 is 0 Å². The number of carbonyl (C=O) groups is 2. The lowest BCUT2D eigenvalue weighted by Crippen LogP contribution is -2.58. The first-order valence-electron chi connectivity index (χ1n) is 15.4. The molecule has 0 radical (unpaired) electrons. The Morgan fingerprint density at radius 2 is 0.824 bits per heavy atom. The predicted octanol–water partition coefficient (Wildman–Crippen LogP) is 9.50. The van der Waals surface area contributed by atoms with E-state index in [0.29, 0.717) is 19.3 Å². The maximum absolute atomic E-state index is 13.4. The van der Waals surface area contributed by atoms with Crippen molar-refractivity contribution < 1.29 is 9.59 Å². The van der Waals surface area contributed by atoms with Crippen molar-refractivity contribution in [3.8, 4) is 0 Å². The number of unbranched alkanes of at least 4 members (excludes halogenated alkanes) is 16. The van der Waals surface area contributed by atoms with Gasteiger partial charge in [-0.2, -0.15) is 0 Å². The SMILES string of the molecule is CCCCCCCCCCCC(=O)C(CCC)(NCCC)C(=O)CCCCCCCCCCC. The van der Waals surface area contributed by atoms with Crippen LogP contribution in [0.5, 0.6) is 0 Å². The minimum Gasteiger partial charge on any atom is -0.299 e. The fraction of sp³-hybridized carbons (Fsp3) is 0.935. The second-order valence-corrected chi connectivity index (χ2v) is 10.6. The lowest BCUT2D eigenvalue weighted by atomic mass is 9.80. The molecule has 0 heterocycles. The van der Waals surface area contributed by atoms with Crippen LogP contribution in [0, 0.1) is 0 Å². The first kappa shape index (κ1) is 33.3. The first-order chi connectivity index (χ1) is 16.6. The number of hydrogen-bond acceptors (Lipinski definition) is 3. The average Bonchev–Trinajstić information content (AvgIpc) is 2.84. The highest BCUT2D eigenvalue weighted by Gasteiger charge is 2.42. The van der Waals surface area contributed by atoms with E-state index in [9.17, 15) is 9.59 Å². The minimum atomic E-state index is -0.926. The molecule has 0 bridgehead atoms. The van der Waals surface area contributed by atoms with E-state index in [-0.39, 0.29) is 11.6 Å². The molecule has 0 aliphatic rings. The molecule has 0 rings (SSSR count). The van der Waals surface area contributed by atoms with E-state index in [1.54, 1.807) is 0 Å². The Labute approximate surface area is 214 Å². The van der Waals surface area contributed by atoms with E-state index < -0.39 is 5.54 Å². The maximum Gasteiger partial charge on any atom is 0.160 e. The van der Waals surface area contributed by atoms with Crippen LogP contribution < -0.4 is 5.32 Å². The Kier molecular flexibility index (Phi) is 23.5. The summed E-state index contributed by atoms with van der Waals surface area (Å²) in [5.41, 5.74) is -0.926. The van der Waals surface area contributed by atoms with Crippen molar-refractivity contribution in [1.29, 1.82) is 0 Å². The smallest absolute Gasteiger partial charge is 0.160 e. The zero-order chi connectivity index (χ0) is 25.3. The summed E-state index contributed by atoms with van der Waals surface area (Å²) in [6, 6.07) is 0. The van der Waals surface area contributed by atoms with Gasteiger partial charge in [-0.3, -0.25) is 14.9 Å². The predicted molar refractivity (Wildman–Crippen MR) is 150 cm³/mol. The van der Waals surface area contributed by atoms with Crippen molar-refractivity contribution in [3.05, 3.63) is 0 Å². The highest BCUT2D eigenvalue weighted by Crippen LogP contribution is 2.24. The Morgan fingerprint density at radius 3 is 1.15 bits per heavy atom. The second-order valence-electron chi connectivity index (χ2n) is 10.6. The molecule has 0 saturated carbocycles. The van der Waals surface area contributed by atoms with Crippen LogP contribution in [-0.2, 0) is 9.59 Å². The van der Waals surface area contributed by atoms with Crippen LogP contribution in [0.3, 0.4) is 0 Å². The Balaban J connectivity index is 4.48. The van der Waals surface area contributed by atoms with Gasteiger partial charge < -0.3 is 0 Å². The summed E-state index contributed by atoms with van der Waals surface area (Å²) in [4.78, 5) is 26.8. The normalized spacial score (nSPS) is 11.8. The highest BCUT2D eigenvalue weighted by molar-refractivity contribution is 6.11. The summed E-state index contributed by atoms with van der Waals surface area (Å²) in [6.07, 6.45) is 26.0. The molecule has 1 N–H and O–H groups in total. The van der Waals surface area contributed by atoms with Crippen molar-refractivity contribution in [1.82, 2.24) is 5.32 Å². The molecule has 0 aliphatic heterocycles. The lowest BCUT2D eigenvalue weighted by Gasteiger charge is -2.32. The molecule has 0 aromatic rings. The molecule has 0 atom stereocenters. The molecule has 0 aromatic heterocycles. The van der Waals surface area contributed by atoms with Crippen LogP contribution >= 0.6 is 0 Å². The van der Waals surface area contributed by atoms with Gasteiger partial charge in [0.25, 0.3) is 0 Å². The third-order valence-corrected chi connectivity index (χ3v) is 7.27. The summed E-state index contributed by atoms with van der Waals surface area (Å²) in [6.45, 7) is 9.46. The largest absolute Gasteiger partial charge is 0.299 e. The number of rotatable bonds is 27. The summed E-state index contributed by atoms with van der Waals surface area (Å²) in [5.74, 6) is 0.318. The van der Waals surface area contributed by atoms with Gasteiger partial charge in [-0.15, -0.1) is 0 Å². The molecule has 202 valence electrons. The molecule has 0 unspecified atom stereocenters. The Morgan fingerprint density at radius 1 is 0.471 bits per heavy atom. The molecule has 0 spiro atoms. The van der Waals surface area contributed by atoms with Crippen LogP contribution in [-0.4, -0.2) is 23.7 Å².